The van der Waals surface area contributed by atoms with Gasteiger partial charge in [-0.2, -0.15) is 0 Å². The summed E-state index contributed by atoms with van der Waals surface area (Å²) in [6.45, 7) is 2.63. The summed E-state index contributed by atoms with van der Waals surface area (Å²) in [4.78, 5) is 0. The van der Waals surface area contributed by atoms with E-state index in [2.05, 4.69) is 0 Å². The standard InChI is InChI=1S/C14H22O3/c1-2-17-14(11-6-4-3-5-7-11)13(15)12-8-9-16-10-12/h8-11,13-15H,2-7H2,1H3. The molecular formula is C14H22O3. The van der Waals surface area contributed by atoms with Gasteiger partial charge < -0.3 is 14.3 Å². The fraction of sp³-hybridized carbons (Fsp3) is 0.714. The molecule has 17 heavy (non-hydrogen) atoms. The molecule has 3 nitrogen and oxygen atoms in total. The predicted molar refractivity (Wildman–Crippen MR) is 65.7 cm³/mol. The molecule has 0 bridgehead atoms. The molecule has 0 saturated heterocycles. The molecule has 0 aliphatic heterocycles. The average molecular weight is 238 g/mol. The third-order valence-electron chi connectivity index (χ3n) is 3.67. The number of aliphatic hydroxyl groups excluding tert-OH is 1. The van der Waals surface area contributed by atoms with E-state index in [-0.39, 0.29) is 6.10 Å². The molecule has 0 amide bonds. The highest BCUT2D eigenvalue weighted by Gasteiger charge is 2.31. The first-order valence-electron chi connectivity index (χ1n) is 6.64. The third kappa shape index (κ3) is 3.11. The van der Waals surface area contributed by atoms with Crippen LogP contribution in [0, 0.1) is 5.92 Å². The van der Waals surface area contributed by atoms with E-state index in [1.165, 1.54) is 32.1 Å². The summed E-state index contributed by atoms with van der Waals surface area (Å²) < 4.78 is 10.8. The largest absolute Gasteiger partial charge is 0.472 e. The van der Waals surface area contributed by atoms with E-state index in [4.69, 9.17) is 9.15 Å². The molecule has 1 heterocycles. The summed E-state index contributed by atoms with van der Waals surface area (Å²) in [7, 11) is 0. The molecule has 1 N–H and O–H groups in total. The summed E-state index contributed by atoms with van der Waals surface area (Å²) in [5, 5.41) is 10.4. The average Bonchev–Trinajstić information content (AvgIpc) is 2.90. The molecule has 1 aromatic heterocycles. The lowest BCUT2D eigenvalue weighted by Crippen LogP contribution is -2.32. The second kappa shape index (κ2) is 6.22. The van der Waals surface area contributed by atoms with E-state index in [1.807, 2.05) is 13.0 Å². The molecule has 0 radical (unpaired) electrons. The fourth-order valence-corrected chi connectivity index (χ4v) is 2.77. The van der Waals surface area contributed by atoms with Gasteiger partial charge in [-0.15, -0.1) is 0 Å². The van der Waals surface area contributed by atoms with Gasteiger partial charge in [-0.25, -0.2) is 0 Å². The maximum Gasteiger partial charge on any atom is 0.108 e. The molecule has 96 valence electrons. The molecular weight excluding hydrogens is 216 g/mol. The monoisotopic (exact) mass is 238 g/mol. The van der Waals surface area contributed by atoms with Crippen molar-refractivity contribution in [1.29, 1.82) is 0 Å². The Morgan fingerprint density at radius 3 is 2.76 bits per heavy atom. The van der Waals surface area contributed by atoms with Gasteiger partial charge >= 0.3 is 0 Å². The van der Waals surface area contributed by atoms with E-state index in [0.717, 1.165) is 5.56 Å². The van der Waals surface area contributed by atoms with Crippen LogP contribution in [0.15, 0.2) is 23.0 Å². The van der Waals surface area contributed by atoms with E-state index in [9.17, 15) is 5.11 Å². The Balaban J connectivity index is 2.04. The lowest BCUT2D eigenvalue weighted by molar-refractivity contribution is -0.0740. The second-order valence-corrected chi connectivity index (χ2v) is 4.82. The van der Waals surface area contributed by atoms with E-state index in [1.54, 1.807) is 12.5 Å². The van der Waals surface area contributed by atoms with Gasteiger partial charge in [0.15, 0.2) is 0 Å². The van der Waals surface area contributed by atoms with Gasteiger partial charge in [0.05, 0.1) is 18.6 Å². The highest BCUT2D eigenvalue weighted by molar-refractivity contribution is 5.11. The van der Waals surface area contributed by atoms with Gasteiger partial charge in [0, 0.05) is 12.2 Å². The zero-order chi connectivity index (χ0) is 12.1. The minimum Gasteiger partial charge on any atom is -0.472 e. The molecule has 3 heteroatoms. The van der Waals surface area contributed by atoms with Crippen molar-refractivity contribution in [2.24, 2.45) is 5.92 Å². The van der Waals surface area contributed by atoms with Crippen LogP contribution in [-0.2, 0) is 4.74 Å². The van der Waals surface area contributed by atoms with Crippen molar-refractivity contribution in [2.45, 2.75) is 51.2 Å². The van der Waals surface area contributed by atoms with Gasteiger partial charge in [-0.1, -0.05) is 19.3 Å². The van der Waals surface area contributed by atoms with Crippen LogP contribution in [0.3, 0.4) is 0 Å². The SMILES string of the molecule is CCOC(C1CCCCC1)C(O)c1ccoc1. The van der Waals surface area contributed by atoms with E-state index >= 15 is 0 Å². The number of furan rings is 1. The minimum atomic E-state index is -0.559. The Kier molecular flexibility index (Phi) is 4.63. The second-order valence-electron chi connectivity index (χ2n) is 4.82. The highest BCUT2D eigenvalue weighted by Crippen LogP contribution is 2.34. The summed E-state index contributed by atoms with van der Waals surface area (Å²) in [6.07, 6.45) is 8.73. The van der Waals surface area contributed by atoms with Gasteiger partial charge in [0.25, 0.3) is 0 Å². The number of aliphatic hydroxyl groups is 1. The molecule has 2 atom stereocenters. The van der Waals surface area contributed by atoms with Crippen LogP contribution in [0.5, 0.6) is 0 Å². The van der Waals surface area contributed by atoms with Crippen LogP contribution in [-0.4, -0.2) is 17.8 Å². The van der Waals surface area contributed by atoms with Crippen molar-refractivity contribution in [2.75, 3.05) is 6.61 Å². The quantitative estimate of drug-likeness (QED) is 0.855. The first-order chi connectivity index (χ1) is 8.33. The zero-order valence-electron chi connectivity index (χ0n) is 10.5. The molecule has 1 aromatic rings. The van der Waals surface area contributed by atoms with Crippen molar-refractivity contribution >= 4 is 0 Å². The lowest BCUT2D eigenvalue weighted by atomic mass is 9.82. The van der Waals surface area contributed by atoms with E-state index < -0.39 is 6.10 Å². The van der Waals surface area contributed by atoms with Crippen LogP contribution in [0.1, 0.15) is 50.7 Å². The molecule has 0 spiro atoms. The Hall–Kier alpha value is -0.800. The number of hydrogen-bond donors (Lipinski definition) is 1. The first-order valence-corrected chi connectivity index (χ1v) is 6.64. The number of ether oxygens (including phenoxy) is 1. The Bertz CT molecular complexity index is 301. The summed E-state index contributed by atoms with van der Waals surface area (Å²) >= 11 is 0. The van der Waals surface area contributed by atoms with E-state index in [0.29, 0.717) is 12.5 Å². The van der Waals surface area contributed by atoms with Crippen molar-refractivity contribution < 1.29 is 14.3 Å². The number of hydrogen-bond acceptors (Lipinski definition) is 3. The molecule has 2 rings (SSSR count). The molecule has 1 saturated carbocycles. The highest BCUT2D eigenvalue weighted by atomic mass is 16.5. The lowest BCUT2D eigenvalue weighted by Gasteiger charge is -2.32. The normalized spacial score (nSPS) is 21.3. The molecule has 1 aliphatic rings. The summed E-state index contributed by atoms with van der Waals surface area (Å²) in [5.74, 6) is 0.480. The Morgan fingerprint density at radius 2 is 2.18 bits per heavy atom. The molecule has 2 unspecified atom stereocenters. The molecule has 1 aliphatic carbocycles. The summed E-state index contributed by atoms with van der Waals surface area (Å²) in [6, 6.07) is 1.82. The van der Waals surface area contributed by atoms with Gasteiger partial charge in [-0.3, -0.25) is 0 Å². The minimum absolute atomic E-state index is 0.0853. The maximum absolute atomic E-state index is 10.4. The van der Waals surface area contributed by atoms with Crippen LogP contribution in [0.25, 0.3) is 0 Å². The van der Waals surface area contributed by atoms with Gasteiger partial charge in [0.1, 0.15) is 6.10 Å². The van der Waals surface area contributed by atoms with Crippen LogP contribution < -0.4 is 0 Å². The molecule has 0 aromatic carbocycles. The topological polar surface area (TPSA) is 42.6 Å². The van der Waals surface area contributed by atoms with Crippen molar-refractivity contribution in [1.82, 2.24) is 0 Å². The van der Waals surface area contributed by atoms with Gasteiger partial charge in [-0.05, 0) is 31.7 Å². The van der Waals surface area contributed by atoms with Crippen molar-refractivity contribution in [3.8, 4) is 0 Å². The summed E-state index contributed by atoms with van der Waals surface area (Å²) in [5.41, 5.74) is 0.828. The van der Waals surface area contributed by atoms with Crippen molar-refractivity contribution in [3.63, 3.8) is 0 Å². The van der Waals surface area contributed by atoms with Crippen LogP contribution in [0.4, 0.5) is 0 Å². The zero-order valence-corrected chi connectivity index (χ0v) is 10.5. The van der Waals surface area contributed by atoms with Crippen LogP contribution >= 0.6 is 0 Å². The van der Waals surface area contributed by atoms with Gasteiger partial charge in [0.2, 0.25) is 0 Å². The molecule has 1 fully saturated rings. The smallest absolute Gasteiger partial charge is 0.108 e. The third-order valence-corrected chi connectivity index (χ3v) is 3.67. The van der Waals surface area contributed by atoms with Crippen molar-refractivity contribution in [3.05, 3.63) is 24.2 Å². The fourth-order valence-electron chi connectivity index (χ4n) is 2.77. The maximum atomic E-state index is 10.4. The predicted octanol–water partition coefficient (Wildman–Crippen LogP) is 3.30. The Morgan fingerprint density at radius 1 is 1.41 bits per heavy atom. The first kappa shape index (κ1) is 12.7. The van der Waals surface area contributed by atoms with Crippen LogP contribution in [0.2, 0.25) is 0 Å². The Labute approximate surface area is 103 Å². The number of rotatable bonds is 5.